The normalized spacial score (nSPS) is 11.0. The van der Waals surface area contributed by atoms with Gasteiger partial charge in [0.1, 0.15) is 11.4 Å². The maximum atomic E-state index is 14.3. The summed E-state index contributed by atoms with van der Waals surface area (Å²) in [5, 5.41) is 9.62. The summed E-state index contributed by atoms with van der Waals surface area (Å²) in [4.78, 5) is 0. The summed E-state index contributed by atoms with van der Waals surface area (Å²) in [5.41, 5.74) is 2.96. The molecule has 2 heteroatoms. The Morgan fingerprint density at radius 3 is 2.14 bits per heavy atom. The molecule has 0 atom stereocenters. The molecular formula is C19H19FO. The van der Waals surface area contributed by atoms with Crippen LogP contribution in [0.25, 0.3) is 11.1 Å². The average molecular weight is 282 g/mol. The van der Waals surface area contributed by atoms with E-state index < -0.39 is 5.60 Å². The van der Waals surface area contributed by atoms with Crippen molar-refractivity contribution in [2.75, 3.05) is 0 Å². The van der Waals surface area contributed by atoms with Crippen LogP contribution in [0.4, 0.5) is 4.39 Å². The van der Waals surface area contributed by atoms with Gasteiger partial charge >= 0.3 is 0 Å². The summed E-state index contributed by atoms with van der Waals surface area (Å²) in [6.07, 6.45) is 0. The number of hydrogen-bond donors (Lipinski definition) is 1. The Labute approximate surface area is 125 Å². The quantitative estimate of drug-likeness (QED) is 0.776. The van der Waals surface area contributed by atoms with E-state index in [1.165, 1.54) is 11.6 Å². The van der Waals surface area contributed by atoms with Crippen LogP contribution in [0, 0.1) is 31.5 Å². The van der Waals surface area contributed by atoms with Crippen LogP contribution < -0.4 is 0 Å². The lowest BCUT2D eigenvalue weighted by molar-refractivity contribution is 0.143. The van der Waals surface area contributed by atoms with Crippen LogP contribution in [0.15, 0.2) is 36.4 Å². The van der Waals surface area contributed by atoms with Gasteiger partial charge < -0.3 is 5.11 Å². The van der Waals surface area contributed by atoms with E-state index in [0.29, 0.717) is 5.56 Å². The Hall–Kier alpha value is -2.11. The number of halogens is 1. The molecule has 0 bridgehead atoms. The zero-order chi connectivity index (χ0) is 15.6. The molecule has 0 aliphatic carbocycles. The van der Waals surface area contributed by atoms with E-state index in [4.69, 9.17) is 0 Å². The predicted molar refractivity (Wildman–Crippen MR) is 84.5 cm³/mol. The molecule has 0 unspecified atom stereocenters. The zero-order valence-corrected chi connectivity index (χ0v) is 12.8. The van der Waals surface area contributed by atoms with Crippen molar-refractivity contribution in [1.29, 1.82) is 0 Å². The Balaban J connectivity index is 2.46. The first-order valence-corrected chi connectivity index (χ1v) is 6.89. The molecule has 0 spiro atoms. The van der Waals surface area contributed by atoms with Gasteiger partial charge in [0, 0.05) is 0 Å². The minimum Gasteiger partial charge on any atom is -0.378 e. The van der Waals surface area contributed by atoms with Gasteiger partial charge in [-0.25, -0.2) is 4.39 Å². The van der Waals surface area contributed by atoms with Gasteiger partial charge in [-0.3, -0.25) is 0 Å². The summed E-state index contributed by atoms with van der Waals surface area (Å²) in [6.45, 7) is 7.00. The molecule has 1 N–H and O–H groups in total. The Morgan fingerprint density at radius 1 is 1.00 bits per heavy atom. The summed E-state index contributed by atoms with van der Waals surface area (Å²) >= 11 is 0. The number of benzene rings is 2. The van der Waals surface area contributed by atoms with Crippen molar-refractivity contribution in [3.63, 3.8) is 0 Å². The van der Waals surface area contributed by atoms with Gasteiger partial charge in [-0.1, -0.05) is 41.7 Å². The summed E-state index contributed by atoms with van der Waals surface area (Å²) in [6, 6.07) is 11.4. The second-order valence-electron chi connectivity index (χ2n) is 5.83. The van der Waals surface area contributed by atoms with E-state index in [1.807, 2.05) is 44.2 Å². The van der Waals surface area contributed by atoms with Crippen molar-refractivity contribution in [3.05, 3.63) is 58.9 Å². The molecule has 2 aromatic rings. The van der Waals surface area contributed by atoms with Crippen LogP contribution >= 0.6 is 0 Å². The Kier molecular flexibility index (Phi) is 4.16. The summed E-state index contributed by atoms with van der Waals surface area (Å²) in [7, 11) is 0. The zero-order valence-electron chi connectivity index (χ0n) is 12.8. The molecule has 2 rings (SSSR count). The van der Waals surface area contributed by atoms with Crippen LogP contribution in [-0.4, -0.2) is 10.7 Å². The third-order valence-electron chi connectivity index (χ3n) is 3.17. The van der Waals surface area contributed by atoms with E-state index in [2.05, 4.69) is 11.8 Å². The largest absolute Gasteiger partial charge is 0.378 e. The van der Waals surface area contributed by atoms with Crippen molar-refractivity contribution in [2.45, 2.75) is 33.3 Å². The highest BCUT2D eigenvalue weighted by Gasteiger charge is 2.10. The molecule has 0 saturated heterocycles. The lowest BCUT2D eigenvalue weighted by Crippen LogP contribution is -2.14. The lowest BCUT2D eigenvalue weighted by atomic mass is 9.98. The highest BCUT2D eigenvalue weighted by molar-refractivity contribution is 5.66. The average Bonchev–Trinajstić information content (AvgIpc) is 2.37. The fourth-order valence-corrected chi connectivity index (χ4v) is 2.03. The number of aryl methyl sites for hydroxylation is 2. The van der Waals surface area contributed by atoms with Crippen LogP contribution in [0.1, 0.15) is 30.5 Å². The van der Waals surface area contributed by atoms with Gasteiger partial charge in [0.05, 0.1) is 5.56 Å². The molecular weight excluding hydrogens is 263 g/mol. The Bertz CT molecular complexity index is 687. The first kappa shape index (κ1) is 15.3. The number of aliphatic hydroxyl groups is 1. The van der Waals surface area contributed by atoms with Gasteiger partial charge in [0.25, 0.3) is 0 Å². The van der Waals surface area contributed by atoms with Crippen LogP contribution in [-0.2, 0) is 0 Å². The van der Waals surface area contributed by atoms with Gasteiger partial charge in [0.2, 0.25) is 0 Å². The molecule has 0 aliphatic heterocycles. The fraction of sp³-hybridized carbons (Fsp3) is 0.263. The maximum absolute atomic E-state index is 14.3. The molecule has 0 aliphatic rings. The topological polar surface area (TPSA) is 20.2 Å². The van der Waals surface area contributed by atoms with E-state index in [9.17, 15) is 9.50 Å². The Morgan fingerprint density at radius 2 is 1.62 bits per heavy atom. The van der Waals surface area contributed by atoms with Gasteiger partial charge in [-0.15, -0.1) is 0 Å². The monoisotopic (exact) mass is 282 g/mol. The third-order valence-corrected chi connectivity index (χ3v) is 3.17. The number of hydrogen-bond acceptors (Lipinski definition) is 1. The van der Waals surface area contributed by atoms with Crippen molar-refractivity contribution < 1.29 is 9.50 Å². The minimum atomic E-state index is -1.13. The van der Waals surface area contributed by atoms with Gasteiger partial charge in [0.15, 0.2) is 0 Å². The van der Waals surface area contributed by atoms with E-state index in [-0.39, 0.29) is 5.82 Å². The molecule has 0 fully saturated rings. The van der Waals surface area contributed by atoms with Crippen molar-refractivity contribution in [1.82, 2.24) is 0 Å². The fourth-order valence-electron chi connectivity index (χ4n) is 2.03. The first-order valence-electron chi connectivity index (χ1n) is 6.89. The molecule has 21 heavy (non-hydrogen) atoms. The van der Waals surface area contributed by atoms with E-state index >= 15 is 0 Å². The van der Waals surface area contributed by atoms with Gasteiger partial charge in [-0.2, -0.15) is 0 Å². The molecule has 2 aromatic carbocycles. The molecule has 0 saturated carbocycles. The SMILES string of the molecule is Cc1ccc(-c2cc(C)c(C#CC(C)(C)O)c(F)c2)cc1. The van der Waals surface area contributed by atoms with Crippen LogP contribution in [0.3, 0.4) is 0 Å². The summed E-state index contributed by atoms with van der Waals surface area (Å²) in [5.74, 6) is 5.03. The van der Waals surface area contributed by atoms with Gasteiger partial charge in [-0.05, 0) is 56.5 Å². The lowest BCUT2D eigenvalue weighted by Gasteiger charge is -2.09. The summed E-state index contributed by atoms with van der Waals surface area (Å²) < 4.78 is 14.3. The smallest absolute Gasteiger partial charge is 0.139 e. The molecule has 0 radical (unpaired) electrons. The van der Waals surface area contributed by atoms with E-state index in [0.717, 1.165) is 16.7 Å². The third kappa shape index (κ3) is 3.93. The van der Waals surface area contributed by atoms with Crippen molar-refractivity contribution in [3.8, 4) is 23.0 Å². The standard InChI is InChI=1S/C19H19FO/c1-13-5-7-15(8-6-13)16-11-14(2)17(18(20)12-16)9-10-19(3,4)21/h5-8,11-12,21H,1-4H3. The number of rotatable bonds is 1. The molecule has 0 aromatic heterocycles. The minimum absolute atomic E-state index is 0.341. The highest BCUT2D eigenvalue weighted by atomic mass is 19.1. The second-order valence-corrected chi connectivity index (χ2v) is 5.83. The highest BCUT2D eigenvalue weighted by Crippen LogP contribution is 2.25. The second kappa shape index (κ2) is 5.71. The molecule has 1 nitrogen and oxygen atoms in total. The molecule has 0 heterocycles. The maximum Gasteiger partial charge on any atom is 0.139 e. The first-order chi connectivity index (χ1) is 9.76. The molecule has 0 amide bonds. The van der Waals surface area contributed by atoms with Crippen molar-refractivity contribution >= 4 is 0 Å². The predicted octanol–water partition coefficient (Wildman–Crippen LogP) is 4.23. The van der Waals surface area contributed by atoms with Crippen LogP contribution in [0.5, 0.6) is 0 Å². The van der Waals surface area contributed by atoms with Crippen LogP contribution in [0.2, 0.25) is 0 Å². The van der Waals surface area contributed by atoms with Crippen molar-refractivity contribution in [2.24, 2.45) is 0 Å². The van der Waals surface area contributed by atoms with E-state index in [1.54, 1.807) is 13.8 Å². The molecule has 108 valence electrons.